The zero-order valence-corrected chi connectivity index (χ0v) is 22.9. The quantitative estimate of drug-likeness (QED) is 0.210. The fourth-order valence-corrected chi connectivity index (χ4v) is 6.15. The molecule has 7 aromatic carbocycles. The fourth-order valence-electron chi connectivity index (χ4n) is 6.15. The third kappa shape index (κ3) is 4.13. The van der Waals surface area contributed by atoms with Gasteiger partial charge in [0.25, 0.3) is 0 Å². The van der Waals surface area contributed by atoms with Crippen LogP contribution in [0, 0.1) is 0 Å². The van der Waals surface area contributed by atoms with E-state index in [1.165, 1.54) is 54.6 Å². The maximum Gasteiger partial charge on any atom is 0.159 e. The van der Waals surface area contributed by atoms with Crippen LogP contribution in [0.2, 0.25) is 0 Å². The van der Waals surface area contributed by atoms with Crippen molar-refractivity contribution in [3.8, 4) is 44.8 Å². The summed E-state index contributed by atoms with van der Waals surface area (Å²) < 4.78 is 0. The Morgan fingerprint density at radius 2 is 0.857 bits per heavy atom. The maximum atomic E-state index is 4.81. The molecule has 2 heteroatoms. The molecule has 0 aliphatic carbocycles. The highest BCUT2D eigenvalue weighted by atomic mass is 14.9. The van der Waals surface area contributed by atoms with E-state index in [2.05, 4.69) is 127 Å². The van der Waals surface area contributed by atoms with Crippen LogP contribution in [0.3, 0.4) is 0 Å². The topological polar surface area (TPSA) is 25.8 Å². The number of hydrogen-bond acceptors (Lipinski definition) is 2. The van der Waals surface area contributed by atoms with Crippen LogP contribution in [-0.2, 0) is 0 Å². The number of nitrogens with zero attached hydrogens (tertiary/aromatic N) is 2. The van der Waals surface area contributed by atoms with Crippen molar-refractivity contribution < 1.29 is 0 Å². The first kappa shape index (κ1) is 24.2. The molecule has 1 heterocycles. The van der Waals surface area contributed by atoms with Gasteiger partial charge in [-0.05, 0) is 72.3 Å². The average Bonchev–Trinajstić information content (AvgIpc) is 3.07. The monoisotopic (exact) mass is 534 g/mol. The Balaban J connectivity index is 1.41. The van der Waals surface area contributed by atoms with E-state index in [0.29, 0.717) is 0 Å². The number of aromatic nitrogens is 2. The van der Waals surface area contributed by atoms with Crippen molar-refractivity contribution in [1.29, 1.82) is 0 Å². The Labute approximate surface area is 244 Å². The maximum absolute atomic E-state index is 4.81. The van der Waals surface area contributed by atoms with E-state index in [1.807, 2.05) is 30.6 Å². The number of fused-ring (bicyclic) bond motifs is 3. The molecule has 1 aromatic heterocycles. The summed E-state index contributed by atoms with van der Waals surface area (Å²) in [5.74, 6) is 0.718. The number of benzene rings is 7. The number of rotatable bonds is 4. The Bertz CT molecular complexity index is 2220. The van der Waals surface area contributed by atoms with Gasteiger partial charge in [0.2, 0.25) is 0 Å². The zero-order chi connectivity index (χ0) is 27.9. The molecule has 0 spiro atoms. The molecular weight excluding hydrogens is 508 g/mol. The van der Waals surface area contributed by atoms with Gasteiger partial charge >= 0.3 is 0 Å². The first-order chi connectivity index (χ1) is 20.8. The van der Waals surface area contributed by atoms with E-state index < -0.39 is 0 Å². The van der Waals surface area contributed by atoms with Crippen LogP contribution in [0.15, 0.2) is 158 Å². The second-order valence-electron chi connectivity index (χ2n) is 10.6. The predicted octanol–water partition coefficient (Wildman–Crippen LogP) is 10.6. The van der Waals surface area contributed by atoms with E-state index in [1.54, 1.807) is 0 Å². The zero-order valence-electron chi connectivity index (χ0n) is 22.9. The van der Waals surface area contributed by atoms with Crippen LogP contribution in [-0.4, -0.2) is 9.97 Å². The van der Waals surface area contributed by atoms with Gasteiger partial charge in [-0.1, -0.05) is 133 Å². The van der Waals surface area contributed by atoms with Crippen LogP contribution < -0.4 is 0 Å². The molecule has 0 fully saturated rings. The van der Waals surface area contributed by atoms with Gasteiger partial charge in [-0.3, -0.25) is 0 Å². The highest BCUT2D eigenvalue weighted by Crippen LogP contribution is 2.45. The van der Waals surface area contributed by atoms with Crippen LogP contribution in [0.4, 0.5) is 0 Å². The summed E-state index contributed by atoms with van der Waals surface area (Å²) in [5.41, 5.74) is 8.01. The SMILES string of the molecule is c1ccc(-c2cnc(-c3ccc4c(-c5ccccc5)c5ccccc5c(-c5ccc6ccccc6c5)c4c3)nc2)cc1. The lowest BCUT2D eigenvalue weighted by Crippen LogP contribution is -1.93. The highest BCUT2D eigenvalue weighted by Gasteiger charge is 2.18. The van der Waals surface area contributed by atoms with Crippen molar-refractivity contribution >= 4 is 32.3 Å². The Morgan fingerprint density at radius 1 is 0.310 bits per heavy atom. The molecule has 2 nitrogen and oxygen atoms in total. The first-order valence-electron chi connectivity index (χ1n) is 14.2. The van der Waals surface area contributed by atoms with Crippen LogP contribution >= 0.6 is 0 Å². The normalized spacial score (nSPS) is 11.3. The van der Waals surface area contributed by atoms with Gasteiger partial charge in [0.1, 0.15) is 0 Å². The Kier molecular flexibility index (Phi) is 5.82. The fraction of sp³-hybridized carbons (Fsp3) is 0. The third-order valence-corrected chi connectivity index (χ3v) is 8.14. The molecule has 196 valence electrons. The lowest BCUT2D eigenvalue weighted by molar-refractivity contribution is 1.18. The van der Waals surface area contributed by atoms with Gasteiger partial charge in [-0.25, -0.2) is 9.97 Å². The molecule has 0 aliphatic rings. The summed E-state index contributed by atoms with van der Waals surface area (Å²) in [6.07, 6.45) is 3.84. The summed E-state index contributed by atoms with van der Waals surface area (Å²) in [6, 6.07) is 51.8. The van der Waals surface area contributed by atoms with Crippen molar-refractivity contribution in [2.45, 2.75) is 0 Å². The molecule has 0 unspecified atom stereocenters. The summed E-state index contributed by atoms with van der Waals surface area (Å²) in [5, 5.41) is 7.36. The van der Waals surface area contributed by atoms with Gasteiger partial charge in [0.05, 0.1) is 0 Å². The molecule has 8 aromatic rings. The summed E-state index contributed by atoms with van der Waals surface area (Å²) in [4.78, 5) is 9.61. The molecule has 0 aliphatic heterocycles. The molecule has 0 amide bonds. The Hall–Kier alpha value is -5.60. The standard InChI is InChI=1S/C40H26N2/c1-3-11-27(12-4-1)33-25-41-40(42-26-33)32-21-22-36-37(24-32)39(31-20-19-28-13-7-8-16-30(28)23-31)35-18-10-9-17-34(35)38(36)29-14-5-2-6-15-29/h1-26H. The van der Waals surface area contributed by atoms with Gasteiger partial charge in [-0.2, -0.15) is 0 Å². The second-order valence-corrected chi connectivity index (χ2v) is 10.6. The number of hydrogen-bond donors (Lipinski definition) is 0. The van der Waals surface area contributed by atoms with E-state index >= 15 is 0 Å². The molecular formula is C40H26N2. The lowest BCUT2D eigenvalue weighted by atomic mass is 9.85. The molecule has 42 heavy (non-hydrogen) atoms. The summed E-state index contributed by atoms with van der Waals surface area (Å²) in [7, 11) is 0. The minimum Gasteiger partial charge on any atom is -0.236 e. The van der Waals surface area contributed by atoms with Crippen molar-refractivity contribution in [1.82, 2.24) is 9.97 Å². The summed E-state index contributed by atoms with van der Waals surface area (Å²) in [6.45, 7) is 0. The molecule has 0 radical (unpaired) electrons. The molecule has 0 bridgehead atoms. The largest absolute Gasteiger partial charge is 0.236 e. The molecule has 0 saturated heterocycles. The van der Waals surface area contributed by atoms with E-state index in [-0.39, 0.29) is 0 Å². The minimum atomic E-state index is 0.718. The summed E-state index contributed by atoms with van der Waals surface area (Å²) >= 11 is 0. The van der Waals surface area contributed by atoms with Gasteiger partial charge < -0.3 is 0 Å². The van der Waals surface area contributed by atoms with Crippen LogP contribution in [0.5, 0.6) is 0 Å². The van der Waals surface area contributed by atoms with E-state index in [9.17, 15) is 0 Å². The average molecular weight is 535 g/mol. The Morgan fingerprint density at radius 3 is 1.57 bits per heavy atom. The highest BCUT2D eigenvalue weighted by molar-refractivity contribution is 6.22. The predicted molar refractivity (Wildman–Crippen MR) is 176 cm³/mol. The van der Waals surface area contributed by atoms with Crippen molar-refractivity contribution in [2.24, 2.45) is 0 Å². The van der Waals surface area contributed by atoms with Crippen molar-refractivity contribution in [3.05, 3.63) is 158 Å². The van der Waals surface area contributed by atoms with Crippen LogP contribution in [0.25, 0.3) is 77.1 Å². The van der Waals surface area contributed by atoms with Crippen molar-refractivity contribution in [2.75, 3.05) is 0 Å². The second kappa shape index (κ2) is 10.1. The first-order valence-corrected chi connectivity index (χ1v) is 14.2. The van der Waals surface area contributed by atoms with Gasteiger partial charge in [-0.15, -0.1) is 0 Å². The van der Waals surface area contributed by atoms with Crippen LogP contribution in [0.1, 0.15) is 0 Å². The smallest absolute Gasteiger partial charge is 0.159 e. The van der Waals surface area contributed by atoms with Gasteiger partial charge in [0.15, 0.2) is 5.82 Å². The van der Waals surface area contributed by atoms with Gasteiger partial charge in [0, 0.05) is 23.5 Å². The molecule has 8 rings (SSSR count). The van der Waals surface area contributed by atoms with Crippen molar-refractivity contribution in [3.63, 3.8) is 0 Å². The minimum absolute atomic E-state index is 0.718. The molecule has 0 N–H and O–H groups in total. The molecule has 0 saturated carbocycles. The lowest BCUT2D eigenvalue weighted by Gasteiger charge is -2.19. The molecule has 0 atom stereocenters. The van der Waals surface area contributed by atoms with E-state index in [0.717, 1.165) is 22.5 Å². The third-order valence-electron chi connectivity index (χ3n) is 8.14. The van der Waals surface area contributed by atoms with E-state index in [4.69, 9.17) is 9.97 Å².